The number of thioether (sulfide) groups is 1. The molecule has 1 N–H and O–H groups in total. The minimum atomic E-state index is -2.84. The number of nitro benzene ring substituents is 1. The summed E-state index contributed by atoms with van der Waals surface area (Å²) in [5.41, 5.74) is -0.854. The Morgan fingerprint density at radius 3 is 2.67 bits per heavy atom. The van der Waals surface area contributed by atoms with E-state index in [0.29, 0.717) is 0 Å². The van der Waals surface area contributed by atoms with Gasteiger partial charge in [-0.1, -0.05) is 0 Å². The van der Waals surface area contributed by atoms with E-state index in [0.717, 1.165) is 23.9 Å². The molecular formula is C10H9F2NO4S. The topological polar surface area (TPSA) is 80.4 Å². The summed E-state index contributed by atoms with van der Waals surface area (Å²) in [6, 6.07) is 3.15. The number of halogens is 2. The van der Waals surface area contributed by atoms with Crippen LogP contribution in [0.5, 0.6) is 0 Å². The van der Waals surface area contributed by atoms with Crippen LogP contribution in [0.4, 0.5) is 14.5 Å². The van der Waals surface area contributed by atoms with Crippen LogP contribution < -0.4 is 0 Å². The van der Waals surface area contributed by atoms with Gasteiger partial charge in [-0.2, -0.15) is 0 Å². The number of carbonyl (C=O) groups is 1. The molecule has 0 aliphatic heterocycles. The van der Waals surface area contributed by atoms with E-state index in [1.165, 1.54) is 6.07 Å². The second-order valence-electron chi connectivity index (χ2n) is 3.27. The van der Waals surface area contributed by atoms with Crippen molar-refractivity contribution >= 4 is 23.4 Å². The van der Waals surface area contributed by atoms with Gasteiger partial charge in [-0.05, 0) is 6.07 Å². The molecule has 0 aliphatic rings. The van der Waals surface area contributed by atoms with E-state index in [9.17, 15) is 23.7 Å². The van der Waals surface area contributed by atoms with Gasteiger partial charge in [0.2, 0.25) is 0 Å². The molecule has 1 aromatic carbocycles. The zero-order chi connectivity index (χ0) is 13.7. The highest BCUT2D eigenvalue weighted by molar-refractivity contribution is 7.99. The van der Waals surface area contributed by atoms with Crippen LogP contribution in [-0.2, 0) is 4.79 Å². The molecule has 0 atom stereocenters. The van der Waals surface area contributed by atoms with Gasteiger partial charge in [-0.15, -0.1) is 11.8 Å². The number of benzene rings is 1. The van der Waals surface area contributed by atoms with Crippen molar-refractivity contribution in [2.24, 2.45) is 0 Å². The van der Waals surface area contributed by atoms with Crippen LogP contribution in [0.1, 0.15) is 18.4 Å². The Hall–Kier alpha value is -1.70. The van der Waals surface area contributed by atoms with E-state index in [2.05, 4.69) is 0 Å². The molecule has 0 amide bonds. The summed E-state index contributed by atoms with van der Waals surface area (Å²) in [5.74, 6) is -0.893. The molecule has 5 nitrogen and oxygen atoms in total. The highest BCUT2D eigenvalue weighted by Crippen LogP contribution is 2.33. The van der Waals surface area contributed by atoms with Gasteiger partial charge in [0.05, 0.1) is 11.3 Å². The lowest BCUT2D eigenvalue weighted by Gasteiger charge is -2.07. The van der Waals surface area contributed by atoms with Crippen molar-refractivity contribution in [2.75, 3.05) is 5.75 Å². The molecule has 0 aromatic heterocycles. The van der Waals surface area contributed by atoms with Crippen LogP contribution in [0.15, 0.2) is 23.1 Å². The fourth-order valence-corrected chi connectivity index (χ4v) is 2.18. The zero-order valence-electron chi connectivity index (χ0n) is 9.01. The van der Waals surface area contributed by atoms with Crippen molar-refractivity contribution in [2.45, 2.75) is 17.7 Å². The number of hydrogen-bond acceptors (Lipinski definition) is 4. The van der Waals surface area contributed by atoms with E-state index >= 15 is 0 Å². The van der Waals surface area contributed by atoms with Crippen LogP contribution in [0.25, 0.3) is 0 Å². The van der Waals surface area contributed by atoms with Crippen molar-refractivity contribution in [1.29, 1.82) is 0 Å². The minimum absolute atomic E-state index is 0.132. The maximum Gasteiger partial charge on any atom is 0.304 e. The maximum absolute atomic E-state index is 12.7. The van der Waals surface area contributed by atoms with E-state index in [1.807, 2.05) is 0 Å². The number of carboxylic acid groups (broad SMARTS) is 1. The number of rotatable bonds is 6. The van der Waals surface area contributed by atoms with Crippen molar-refractivity contribution in [1.82, 2.24) is 0 Å². The Balaban J connectivity index is 2.90. The average Bonchev–Trinajstić information content (AvgIpc) is 2.28. The Bertz CT molecular complexity index is 467. The highest BCUT2D eigenvalue weighted by Gasteiger charge is 2.18. The van der Waals surface area contributed by atoms with E-state index in [-0.39, 0.29) is 17.1 Å². The summed E-state index contributed by atoms with van der Waals surface area (Å²) in [6.07, 6.45) is -3.00. The smallest absolute Gasteiger partial charge is 0.304 e. The summed E-state index contributed by atoms with van der Waals surface area (Å²) in [5, 5.41) is 18.9. The van der Waals surface area contributed by atoms with Gasteiger partial charge in [0.15, 0.2) is 0 Å². The molecule has 0 heterocycles. The third-order valence-corrected chi connectivity index (χ3v) is 3.10. The van der Waals surface area contributed by atoms with Crippen LogP contribution in [0.2, 0.25) is 0 Å². The standard InChI is InChI=1S/C10H9F2NO4S/c11-10(12)7-5-6(13(16)17)1-2-8(7)18-4-3-9(14)15/h1-2,5,10H,3-4H2,(H,14,15). The first kappa shape index (κ1) is 14.4. The second-order valence-corrected chi connectivity index (χ2v) is 4.41. The third-order valence-electron chi connectivity index (χ3n) is 2.01. The molecule has 0 aliphatic carbocycles. The molecule has 0 unspecified atom stereocenters. The van der Waals surface area contributed by atoms with Gasteiger partial charge < -0.3 is 5.11 Å². The van der Waals surface area contributed by atoms with Gasteiger partial charge in [0, 0.05) is 28.3 Å². The summed E-state index contributed by atoms with van der Waals surface area (Å²) < 4.78 is 25.4. The first-order valence-corrected chi connectivity index (χ1v) is 5.81. The SMILES string of the molecule is O=C(O)CCSc1ccc([N+](=O)[O-])cc1C(F)F. The third kappa shape index (κ3) is 3.95. The Morgan fingerprint density at radius 2 is 2.17 bits per heavy atom. The lowest BCUT2D eigenvalue weighted by atomic mass is 10.2. The first-order valence-electron chi connectivity index (χ1n) is 4.83. The first-order chi connectivity index (χ1) is 8.41. The van der Waals surface area contributed by atoms with E-state index in [4.69, 9.17) is 5.11 Å². The minimum Gasteiger partial charge on any atom is -0.481 e. The number of nitro groups is 1. The molecular weight excluding hydrogens is 268 g/mol. The lowest BCUT2D eigenvalue weighted by Crippen LogP contribution is -1.98. The van der Waals surface area contributed by atoms with Gasteiger partial charge in [0.25, 0.3) is 12.1 Å². The van der Waals surface area contributed by atoms with Gasteiger partial charge in [-0.3, -0.25) is 14.9 Å². The summed E-state index contributed by atoms with van der Waals surface area (Å²) in [6.45, 7) is 0. The normalized spacial score (nSPS) is 10.6. The van der Waals surface area contributed by atoms with Crippen molar-refractivity contribution in [3.8, 4) is 0 Å². The van der Waals surface area contributed by atoms with Crippen molar-refractivity contribution < 1.29 is 23.6 Å². The summed E-state index contributed by atoms with van der Waals surface area (Å²) >= 11 is 0.941. The maximum atomic E-state index is 12.7. The van der Waals surface area contributed by atoms with Crippen molar-refractivity contribution in [3.63, 3.8) is 0 Å². The van der Waals surface area contributed by atoms with Gasteiger partial charge in [-0.25, -0.2) is 8.78 Å². The molecule has 18 heavy (non-hydrogen) atoms. The van der Waals surface area contributed by atoms with E-state index in [1.54, 1.807) is 0 Å². The Morgan fingerprint density at radius 1 is 1.50 bits per heavy atom. The highest BCUT2D eigenvalue weighted by atomic mass is 32.2. The fraction of sp³-hybridized carbons (Fsp3) is 0.300. The number of non-ortho nitro benzene ring substituents is 1. The number of hydrogen-bond donors (Lipinski definition) is 1. The van der Waals surface area contributed by atoms with Crippen LogP contribution >= 0.6 is 11.8 Å². The molecule has 0 fully saturated rings. The molecule has 0 bridgehead atoms. The predicted molar refractivity (Wildman–Crippen MR) is 61.0 cm³/mol. The van der Waals surface area contributed by atoms with Gasteiger partial charge >= 0.3 is 5.97 Å². The quantitative estimate of drug-likeness (QED) is 0.491. The second kappa shape index (κ2) is 6.29. The molecule has 1 aromatic rings. The molecule has 98 valence electrons. The molecule has 8 heteroatoms. The molecule has 0 saturated heterocycles. The molecule has 0 radical (unpaired) electrons. The number of nitrogens with zero attached hydrogens (tertiary/aromatic N) is 1. The number of carboxylic acids is 1. The lowest BCUT2D eigenvalue weighted by molar-refractivity contribution is -0.385. The Kier molecular flexibility index (Phi) is 5.02. The fourth-order valence-electron chi connectivity index (χ4n) is 1.20. The Labute approximate surface area is 105 Å². The zero-order valence-corrected chi connectivity index (χ0v) is 9.82. The van der Waals surface area contributed by atoms with Crippen LogP contribution in [0.3, 0.4) is 0 Å². The monoisotopic (exact) mass is 277 g/mol. The number of alkyl halides is 2. The van der Waals surface area contributed by atoms with Crippen molar-refractivity contribution in [3.05, 3.63) is 33.9 Å². The molecule has 1 rings (SSSR count). The average molecular weight is 277 g/mol. The largest absolute Gasteiger partial charge is 0.481 e. The van der Waals surface area contributed by atoms with Crippen LogP contribution in [-0.4, -0.2) is 21.8 Å². The van der Waals surface area contributed by atoms with Gasteiger partial charge in [0.1, 0.15) is 0 Å². The van der Waals surface area contributed by atoms with E-state index < -0.39 is 28.6 Å². The summed E-state index contributed by atoms with van der Waals surface area (Å²) in [4.78, 5) is 20.2. The molecule has 0 spiro atoms. The van der Waals surface area contributed by atoms with Crippen LogP contribution in [0, 0.1) is 10.1 Å². The number of aliphatic carboxylic acids is 1. The predicted octanol–water partition coefficient (Wildman–Crippen LogP) is 3.10. The summed E-state index contributed by atoms with van der Waals surface area (Å²) in [7, 11) is 0. The molecule has 0 saturated carbocycles.